The molecule has 3 unspecified atom stereocenters. The Balaban J connectivity index is 1.94. The van der Waals surface area contributed by atoms with Crippen molar-refractivity contribution in [3.63, 3.8) is 0 Å². The molecule has 0 aliphatic carbocycles. The highest BCUT2D eigenvalue weighted by molar-refractivity contribution is 6.01. The van der Waals surface area contributed by atoms with Crippen LogP contribution in [0.25, 0.3) is 0 Å². The summed E-state index contributed by atoms with van der Waals surface area (Å²) in [5.41, 5.74) is 0.607. The van der Waals surface area contributed by atoms with E-state index < -0.39 is 5.92 Å². The van der Waals surface area contributed by atoms with E-state index in [0.29, 0.717) is 12.2 Å². The number of piperidine rings is 1. The Labute approximate surface area is 116 Å². The van der Waals surface area contributed by atoms with E-state index in [-0.39, 0.29) is 36.1 Å². The van der Waals surface area contributed by atoms with Gasteiger partial charge in [0.1, 0.15) is 5.82 Å². The van der Waals surface area contributed by atoms with Crippen LogP contribution in [0.15, 0.2) is 24.3 Å². The summed E-state index contributed by atoms with van der Waals surface area (Å²) >= 11 is 0. The average molecular weight is 277 g/mol. The monoisotopic (exact) mass is 277 g/mol. The molecular formula is C15H16FNO3. The van der Waals surface area contributed by atoms with E-state index in [1.54, 1.807) is 12.1 Å². The highest BCUT2D eigenvalue weighted by Crippen LogP contribution is 2.37. The van der Waals surface area contributed by atoms with Crippen molar-refractivity contribution in [3.05, 3.63) is 35.6 Å². The quantitative estimate of drug-likeness (QED) is 0.838. The number of rotatable bonds is 2. The van der Waals surface area contributed by atoms with Crippen molar-refractivity contribution in [1.82, 2.24) is 5.32 Å². The summed E-state index contributed by atoms with van der Waals surface area (Å²) in [6.07, 6.45) is 1.93. The minimum Gasteiger partial charge on any atom is -0.378 e. The van der Waals surface area contributed by atoms with E-state index in [1.807, 2.05) is 0 Å². The number of hydrogen-bond acceptors (Lipinski definition) is 3. The summed E-state index contributed by atoms with van der Waals surface area (Å²) in [5, 5.41) is 2.34. The third kappa shape index (κ3) is 2.45. The van der Waals surface area contributed by atoms with Crippen molar-refractivity contribution in [1.29, 1.82) is 0 Å². The molecule has 2 fully saturated rings. The fourth-order valence-electron chi connectivity index (χ4n) is 3.18. The highest BCUT2D eigenvalue weighted by Gasteiger charge is 2.42. The van der Waals surface area contributed by atoms with Gasteiger partial charge in [-0.05, 0) is 30.5 Å². The SMILES string of the molecule is O=C1CC(C2CCCO2)C(c2cccc(F)c2)C(=O)N1. The molecule has 0 bridgehead atoms. The molecule has 1 N–H and O–H groups in total. The van der Waals surface area contributed by atoms with Crippen molar-refractivity contribution < 1.29 is 18.7 Å². The number of carbonyl (C=O) groups is 2. The van der Waals surface area contributed by atoms with Gasteiger partial charge in [-0.15, -0.1) is 0 Å². The number of ether oxygens (including phenoxy) is 1. The standard InChI is InChI=1S/C15H16FNO3/c16-10-4-1-3-9(7-10)14-11(12-5-2-6-20-12)8-13(18)17-15(14)19/h1,3-4,7,11-12,14H,2,5-6,8H2,(H,17,18,19). The van der Waals surface area contributed by atoms with Gasteiger partial charge in [0, 0.05) is 18.9 Å². The van der Waals surface area contributed by atoms with Crippen LogP contribution >= 0.6 is 0 Å². The molecule has 3 atom stereocenters. The van der Waals surface area contributed by atoms with Crippen molar-refractivity contribution in [2.24, 2.45) is 5.92 Å². The first-order valence-electron chi connectivity index (χ1n) is 6.86. The van der Waals surface area contributed by atoms with Gasteiger partial charge in [-0.2, -0.15) is 0 Å². The second kappa shape index (κ2) is 5.32. The van der Waals surface area contributed by atoms with Crippen LogP contribution in [-0.4, -0.2) is 24.5 Å². The van der Waals surface area contributed by atoms with E-state index in [1.165, 1.54) is 12.1 Å². The van der Waals surface area contributed by atoms with Crippen LogP contribution in [0.2, 0.25) is 0 Å². The Morgan fingerprint density at radius 3 is 2.85 bits per heavy atom. The normalized spacial score (nSPS) is 30.4. The van der Waals surface area contributed by atoms with Crippen molar-refractivity contribution in [2.75, 3.05) is 6.61 Å². The summed E-state index contributed by atoms with van der Waals surface area (Å²) in [6, 6.07) is 6.02. The van der Waals surface area contributed by atoms with Gasteiger partial charge in [0.25, 0.3) is 0 Å². The molecule has 4 nitrogen and oxygen atoms in total. The zero-order valence-electron chi connectivity index (χ0n) is 11.0. The lowest BCUT2D eigenvalue weighted by atomic mass is 9.76. The Bertz CT molecular complexity index is 540. The lowest BCUT2D eigenvalue weighted by Crippen LogP contribution is -2.47. The Kier molecular flexibility index (Phi) is 3.53. The summed E-state index contributed by atoms with van der Waals surface area (Å²) in [7, 11) is 0. The number of benzene rings is 1. The van der Waals surface area contributed by atoms with Gasteiger partial charge in [0.15, 0.2) is 0 Å². The number of hydrogen-bond donors (Lipinski definition) is 1. The van der Waals surface area contributed by atoms with Gasteiger partial charge in [-0.3, -0.25) is 14.9 Å². The van der Waals surface area contributed by atoms with Crippen LogP contribution in [0.3, 0.4) is 0 Å². The summed E-state index contributed by atoms with van der Waals surface area (Å²) < 4.78 is 19.0. The van der Waals surface area contributed by atoms with Crippen LogP contribution < -0.4 is 5.32 Å². The molecular weight excluding hydrogens is 261 g/mol. The van der Waals surface area contributed by atoms with Crippen LogP contribution in [-0.2, 0) is 14.3 Å². The van der Waals surface area contributed by atoms with Gasteiger partial charge in [0.05, 0.1) is 12.0 Å². The van der Waals surface area contributed by atoms with Crippen molar-refractivity contribution in [3.8, 4) is 0 Å². The van der Waals surface area contributed by atoms with E-state index in [9.17, 15) is 14.0 Å². The maximum Gasteiger partial charge on any atom is 0.234 e. The van der Waals surface area contributed by atoms with Gasteiger partial charge in [0.2, 0.25) is 11.8 Å². The van der Waals surface area contributed by atoms with Crippen LogP contribution in [0.1, 0.15) is 30.7 Å². The number of nitrogens with one attached hydrogen (secondary N) is 1. The lowest BCUT2D eigenvalue weighted by molar-refractivity contribution is -0.138. The highest BCUT2D eigenvalue weighted by atomic mass is 19.1. The molecule has 2 heterocycles. The predicted molar refractivity (Wildman–Crippen MR) is 69.4 cm³/mol. The molecule has 106 valence electrons. The summed E-state index contributed by atoms with van der Waals surface area (Å²) in [6.45, 7) is 0.660. The smallest absolute Gasteiger partial charge is 0.234 e. The molecule has 2 aliphatic rings. The van der Waals surface area contributed by atoms with Crippen LogP contribution in [0, 0.1) is 11.7 Å². The Morgan fingerprint density at radius 1 is 1.30 bits per heavy atom. The largest absolute Gasteiger partial charge is 0.378 e. The number of amides is 2. The third-order valence-corrected chi connectivity index (χ3v) is 4.04. The second-order valence-corrected chi connectivity index (χ2v) is 5.36. The molecule has 0 saturated carbocycles. The zero-order valence-corrected chi connectivity index (χ0v) is 11.0. The first-order valence-corrected chi connectivity index (χ1v) is 6.86. The predicted octanol–water partition coefficient (Wildman–Crippen LogP) is 1.75. The maximum atomic E-state index is 13.4. The first-order chi connectivity index (χ1) is 9.65. The average Bonchev–Trinajstić information content (AvgIpc) is 2.91. The molecule has 2 aliphatic heterocycles. The molecule has 20 heavy (non-hydrogen) atoms. The van der Waals surface area contributed by atoms with E-state index in [2.05, 4.69) is 5.32 Å². The van der Waals surface area contributed by atoms with Gasteiger partial charge >= 0.3 is 0 Å². The third-order valence-electron chi connectivity index (χ3n) is 4.04. The minimum atomic E-state index is -0.522. The Hall–Kier alpha value is -1.75. The van der Waals surface area contributed by atoms with Crippen LogP contribution in [0.4, 0.5) is 4.39 Å². The van der Waals surface area contributed by atoms with Crippen LogP contribution in [0.5, 0.6) is 0 Å². The minimum absolute atomic E-state index is 0.0988. The van der Waals surface area contributed by atoms with Crippen molar-refractivity contribution in [2.45, 2.75) is 31.3 Å². The molecule has 0 spiro atoms. The van der Waals surface area contributed by atoms with Gasteiger partial charge < -0.3 is 4.74 Å². The summed E-state index contributed by atoms with van der Waals surface area (Å²) in [5.74, 6) is -1.74. The molecule has 3 rings (SSSR count). The molecule has 1 aromatic rings. The molecule has 5 heteroatoms. The number of halogens is 1. The van der Waals surface area contributed by atoms with E-state index in [4.69, 9.17) is 4.74 Å². The van der Waals surface area contributed by atoms with Gasteiger partial charge in [-0.25, -0.2) is 4.39 Å². The fourth-order valence-corrected chi connectivity index (χ4v) is 3.18. The molecule has 2 saturated heterocycles. The molecule has 2 amide bonds. The Morgan fingerprint density at radius 2 is 2.15 bits per heavy atom. The second-order valence-electron chi connectivity index (χ2n) is 5.36. The number of carbonyl (C=O) groups excluding carboxylic acids is 2. The lowest BCUT2D eigenvalue weighted by Gasteiger charge is -2.33. The van der Waals surface area contributed by atoms with E-state index >= 15 is 0 Å². The number of imide groups is 1. The zero-order chi connectivity index (χ0) is 14.1. The van der Waals surface area contributed by atoms with Crippen molar-refractivity contribution >= 4 is 11.8 Å². The molecule has 1 aromatic carbocycles. The van der Waals surface area contributed by atoms with Gasteiger partial charge in [-0.1, -0.05) is 12.1 Å². The topological polar surface area (TPSA) is 55.4 Å². The fraction of sp³-hybridized carbons (Fsp3) is 0.467. The van der Waals surface area contributed by atoms with E-state index in [0.717, 1.165) is 12.8 Å². The first kappa shape index (κ1) is 13.2. The molecule has 0 radical (unpaired) electrons. The molecule has 0 aromatic heterocycles. The summed E-state index contributed by atoms with van der Waals surface area (Å²) in [4.78, 5) is 23.8. The maximum absolute atomic E-state index is 13.4.